The topological polar surface area (TPSA) is 81.2 Å². The van der Waals surface area contributed by atoms with Gasteiger partial charge in [-0.25, -0.2) is 17.5 Å². The number of urea groups is 1. The highest BCUT2D eigenvalue weighted by atomic mass is 32.2. The highest BCUT2D eigenvalue weighted by Crippen LogP contribution is 2.58. The Kier molecular flexibility index (Phi) is 4.69. The summed E-state index contributed by atoms with van der Waals surface area (Å²) in [6.07, 6.45) is 3.59. The highest BCUT2D eigenvalue weighted by molar-refractivity contribution is 7.90. The number of nitrogens with zero attached hydrogens (tertiary/aromatic N) is 4. The molecule has 3 heterocycles. The Hall–Kier alpha value is -1.35. The van der Waals surface area contributed by atoms with Crippen molar-refractivity contribution < 1.29 is 18.0 Å². The molecule has 1 unspecified atom stereocenters. The van der Waals surface area contributed by atoms with E-state index < -0.39 is 15.4 Å². The number of rotatable bonds is 3. The number of hydrogen-bond donors (Lipinski definition) is 0. The van der Waals surface area contributed by atoms with Gasteiger partial charge in [0.15, 0.2) is 0 Å². The van der Waals surface area contributed by atoms with E-state index in [9.17, 15) is 18.0 Å². The average Bonchev–Trinajstić information content (AvgIpc) is 3.42. The van der Waals surface area contributed by atoms with Crippen LogP contribution in [0.2, 0.25) is 0 Å². The van der Waals surface area contributed by atoms with Crippen LogP contribution < -0.4 is 0 Å². The summed E-state index contributed by atoms with van der Waals surface area (Å²) < 4.78 is 27.0. The van der Waals surface area contributed by atoms with E-state index >= 15 is 0 Å². The zero-order valence-electron chi connectivity index (χ0n) is 17.2. The van der Waals surface area contributed by atoms with Crippen LogP contribution in [0.4, 0.5) is 4.79 Å². The van der Waals surface area contributed by atoms with Crippen molar-refractivity contribution >= 4 is 22.0 Å². The zero-order valence-corrected chi connectivity index (χ0v) is 18.0. The molecule has 3 saturated heterocycles. The van der Waals surface area contributed by atoms with Crippen LogP contribution in [0.3, 0.4) is 0 Å². The van der Waals surface area contributed by atoms with Gasteiger partial charge in [0.05, 0.1) is 10.7 Å². The molecule has 4 fully saturated rings. The second-order valence-corrected chi connectivity index (χ2v) is 11.4. The average molecular weight is 413 g/mol. The zero-order chi connectivity index (χ0) is 20.3. The first-order chi connectivity index (χ1) is 13.2. The Morgan fingerprint density at radius 3 is 2.25 bits per heavy atom. The van der Waals surface area contributed by atoms with Crippen molar-refractivity contribution in [2.24, 2.45) is 10.8 Å². The molecule has 2 spiro atoms. The summed E-state index contributed by atoms with van der Waals surface area (Å²) in [4.78, 5) is 31.4. The van der Waals surface area contributed by atoms with Crippen LogP contribution >= 0.6 is 0 Å². The molecule has 1 saturated carbocycles. The molecule has 1 atom stereocenters. The van der Waals surface area contributed by atoms with Crippen LogP contribution in [0.1, 0.15) is 39.0 Å². The molecule has 158 valence electrons. The van der Waals surface area contributed by atoms with Crippen LogP contribution in [-0.4, -0.2) is 98.0 Å². The third-order valence-corrected chi connectivity index (χ3v) is 9.89. The molecule has 1 aliphatic carbocycles. The molecule has 0 aromatic heterocycles. The van der Waals surface area contributed by atoms with Gasteiger partial charge in [0, 0.05) is 58.8 Å². The summed E-state index contributed by atoms with van der Waals surface area (Å²) in [6, 6.07) is -0.0629. The largest absolute Gasteiger partial charge is 0.342 e. The van der Waals surface area contributed by atoms with Crippen molar-refractivity contribution in [1.29, 1.82) is 0 Å². The van der Waals surface area contributed by atoms with E-state index in [1.54, 1.807) is 23.3 Å². The summed E-state index contributed by atoms with van der Waals surface area (Å²) in [5.41, 5.74) is -0.890. The lowest BCUT2D eigenvalue weighted by molar-refractivity contribution is -0.141. The van der Waals surface area contributed by atoms with Crippen molar-refractivity contribution in [2.45, 2.75) is 44.3 Å². The fourth-order valence-corrected chi connectivity index (χ4v) is 7.49. The molecule has 9 heteroatoms. The number of carbonyl (C=O) groups is 2. The molecular weight excluding hydrogens is 380 g/mol. The minimum Gasteiger partial charge on any atom is -0.342 e. The van der Waals surface area contributed by atoms with Gasteiger partial charge >= 0.3 is 6.03 Å². The van der Waals surface area contributed by atoms with Gasteiger partial charge in [0.2, 0.25) is 15.9 Å². The maximum Gasteiger partial charge on any atom is 0.319 e. The summed E-state index contributed by atoms with van der Waals surface area (Å²) in [5.74, 6) is 0.155. The second-order valence-electron chi connectivity index (χ2n) is 9.17. The molecule has 0 aromatic carbocycles. The van der Waals surface area contributed by atoms with E-state index in [0.717, 1.165) is 25.8 Å². The Morgan fingerprint density at radius 1 is 1.11 bits per heavy atom. The van der Waals surface area contributed by atoms with Gasteiger partial charge in [-0.3, -0.25) is 4.79 Å². The fourth-order valence-electron chi connectivity index (χ4n) is 5.64. The van der Waals surface area contributed by atoms with Crippen molar-refractivity contribution in [2.75, 3.05) is 53.4 Å². The molecule has 0 N–H and O–H groups in total. The van der Waals surface area contributed by atoms with Gasteiger partial charge in [-0.05, 0) is 39.0 Å². The van der Waals surface area contributed by atoms with Gasteiger partial charge in [-0.15, -0.1) is 0 Å². The van der Waals surface area contributed by atoms with E-state index in [0.29, 0.717) is 45.6 Å². The first-order valence-electron chi connectivity index (χ1n) is 10.4. The number of hydrogen-bond acceptors (Lipinski definition) is 4. The monoisotopic (exact) mass is 412 g/mol. The van der Waals surface area contributed by atoms with E-state index in [1.807, 2.05) is 16.7 Å². The maximum absolute atomic E-state index is 13.4. The molecule has 4 rings (SSSR count). The van der Waals surface area contributed by atoms with Crippen molar-refractivity contribution in [3.8, 4) is 0 Å². The van der Waals surface area contributed by atoms with Gasteiger partial charge in [0.25, 0.3) is 0 Å². The van der Waals surface area contributed by atoms with Crippen LogP contribution in [0.25, 0.3) is 0 Å². The predicted molar refractivity (Wildman–Crippen MR) is 105 cm³/mol. The quantitative estimate of drug-likeness (QED) is 0.687. The Bertz CT molecular complexity index is 771. The number of carbonyl (C=O) groups excluding carboxylic acids is 2. The number of sulfonamides is 1. The summed E-state index contributed by atoms with van der Waals surface area (Å²) in [6.45, 7) is 5.32. The van der Waals surface area contributed by atoms with Crippen LogP contribution in [0.15, 0.2) is 0 Å². The minimum atomic E-state index is -3.19. The highest BCUT2D eigenvalue weighted by Gasteiger charge is 2.66. The van der Waals surface area contributed by atoms with E-state index in [2.05, 4.69) is 0 Å². The third-order valence-electron chi connectivity index (χ3n) is 7.49. The fraction of sp³-hybridized carbons (Fsp3) is 0.895. The SMILES string of the molecule is CCN1CCC2(CN(C(=O)N(C)C)CC23CCN(S(=O)(=O)C2CC2)CC3)C1=O. The molecule has 4 aliphatic rings. The molecular formula is C19H32N4O4S. The van der Waals surface area contributed by atoms with Gasteiger partial charge in [-0.2, -0.15) is 0 Å². The summed E-state index contributed by atoms with van der Waals surface area (Å²) >= 11 is 0. The third kappa shape index (κ3) is 2.76. The van der Waals surface area contributed by atoms with Crippen molar-refractivity contribution in [3.05, 3.63) is 0 Å². The normalized spacial score (nSPS) is 30.6. The van der Waals surface area contributed by atoms with Crippen LogP contribution in [-0.2, 0) is 14.8 Å². The number of amides is 3. The lowest BCUT2D eigenvalue weighted by Gasteiger charge is -2.46. The Morgan fingerprint density at radius 2 is 1.75 bits per heavy atom. The van der Waals surface area contributed by atoms with Gasteiger partial charge < -0.3 is 14.7 Å². The van der Waals surface area contributed by atoms with Crippen LogP contribution in [0.5, 0.6) is 0 Å². The standard InChI is InChI=1S/C19H32N4O4S/c1-4-21-10-9-19(16(21)24)14-22(17(25)20(2)3)13-18(19)7-11-23(12-8-18)28(26,27)15-5-6-15/h15H,4-14H2,1-3H3. The van der Waals surface area contributed by atoms with Gasteiger partial charge in [0.1, 0.15) is 0 Å². The Balaban J connectivity index is 1.62. The first kappa shape index (κ1) is 19.9. The molecule has 0 radical (unpaired) electrons. The maximum atomic E-state index is 13.4. The smallest absolute Gasteiger partial charge is 0.319 e. The molecule has 0 bridgehead atoms. The molecule has 3 amide bonds. The van der Waals surface area contributed by atoms with E-state index in [4.69, 9.17) is 0 Å². The minimum absolute atomic E-state index is 0.0629. The second kappa shape index (κ2) is 6.58. The lowest BCUT2D eigenvalue weighted by Crippen LogP contribution is -2.54. The van der Waals surface area contributed by atoms with Crippen LogP contribution in [0, 0.1) is 10.8 Å². The number of fused-ring (bicyclic) bond motifs is 1. The lowest BCUT2D eigenvalue weighted by atomic mass is 9.60. The number of likely N-dealkylation sites (tertiary alicyclic amines) is 2. The predicted octanol–water partition coefficient (Wildman–Crippen LogP) is 0.797. The Labute approximate surface area is 167 Å². The van der Waals surface area contributed by atoms with Crippen molar-refractivity contribution in [1.82, 2.24) is 19.0 Å². The summed E-state index contributed by atoms with van der Waals surface area (Å²) in [5, 5.41) is -0.199. The summed E-state index contributed by atoms with van der Waals surface area (Å²) in [7, 11) is 0.278. The van der Waals surface area contributed by atoms with Crippen molar-refractivity contribution in [3.63, 3.8) is 0 Å². The first-order valence-corrected chi connectivity index (χ1v) is 11.9. The molecule has 3 aliphatic heterocycles. The van der Waals surface area contributed by atoms with Gasteiger partial charge in [-0.1, -0.05) is 0 Å². The molecule has 8 nitrogen and oxygen atoms in total. The molecule has 28 heavy (non-hydrogen) atoms. The molecule has 0 aromatic rings. The van der Waals surface area contributed by atoms with E-state index in [-0.39, 0.29) is 22.6 Å². The van der Waals surface area contributed by atoms with E-state index in [1.165, 1.54) is 0 Å². The number of piperidine rings is 1.